The van der Waals surface area contributed by atoms with Crippen LogP contribution in [0.1, 0.15) is 22.1 Å². The summed E-state index contributed by atoms with van der Waals surface area (Å²) in [5.74, 6) is 0. The molecule has 0 aliphatic heterocycles. The molecule has 0 saturated carbocycles. The first-order chi connectivity index (χ1) is 9.24. The molecule has 0 aromatic carbocycles. The highest BCUT2D eigenvalue weighted by atomic mass is 32.1. The van der Waals surface area contributed by atoms with Crippen LogP contribution >= 0.6 is 22.7 Å². The van der Waals surface area contributed by atoms with Gasteiger partial charge in [-0.1, -0.05) is 0 Å². The van der Waals surface area contributed by atoms with Crippen LogP contribution in [-0.4, -0.2) is 20.9 Å². The van der Waals surface area contributed by atoms with Crippen LogP contribution in [0.2, 0.25) is 0 Å². The van der Waals surface area contributed by atoms with E-state index in [1.54, 1.807) is 22.7 Å². The Bertz CT molecular complexity index is 680. The Morgan fingerprint density at radius 3 is 2.95 bits per heavy atom. The molecular formula is C13H16N4S2. The second-order valence-corrected chi connectivity index (χ2v) is 6.42. The van der Waals surface area contributed by atoms with E-state index in [0.29, 0.717) is 0 Å². The van der Waals surface area contributed by atoms with E-state index < -0.39 is 0 Å². The number of hydrogen-bond donors (Lipinski definition) is 1. The van der Waals surface area contributed by atoms with Gasteiger partial charge in [0.25, 0.3) is 0 Å². The van der Waals surface area contributed by atoms with Crippen molar-refractivity contribution in [2.45, 2.75) is 26.8 Å². The molecule has 3 aromatic heterocycles. The molecule has 0 spiro atoms. The number of aromatic nitrogens is 3. The third-order valence-corrected chi connectivity index (χ3v) is 4.66. The van der Waals surface area contributed by atoms with Crippen molar-refractivity contribution < 1.29 is 0 Å². The van der Waals surface area contributed by atoms with E-state index in [9.17, 15) is 0 Å². The molecule has 3 aromatic rings. The molecule has 0 bridgehead atoms. The number of hydrogen-bond acceptors (Lipinski definition) is 5. The van der Waals surface area contributed by atoms with Crippen LogP contribution in [0.4, 0.5) is 0 Å². The van der Waals surface area contributed by atoms with Gasteiger partial charge < -0.3 is 5.32 Å². The Kier molecular flexibility index (Phi) is 3.63. The second-order valence-electron chi connectivity index (χ2n) is 4.48. The summed E-state index contributed by atoms with van der Waals surface area (Å²) in [5.41, 5.74) is 3.55. The number of nitrogens with one attached hydrogen (secondary N) is 1. The Labute approximate surface area is 120 Å². The van der Waals surface area contributed by atoms with Crippen LogP contribution in [0.3, 0.4) is 0 Å². The summed E-state index contributed by atoms with van der Waals surface area (Å²) < 4.78 is 2.17. The predicted octanol–water partition coefficient (Wildman–Crippen LogP) is 2.80. The summed E-state index contributed by atoms with van der Waals surface area (Å²) >= 11 is 3.39. The average molecular weight is 292 g/mol. The van der Waals surface area contributed by atoms with Crippen LogP contribution in [0, 0.1) is 13.8 Å². The van der Waals surface area contributed by atoms with Gasteiger partial charge in [-0.2, -0.15) is 0 Å². The zero-order chi connectivity index (χ0) is 13.2. The molecule has 3 rings (SSSR count). The SMILES string of the molecule is Cc1nc(CCNCc2c(C)nc3sccn23)cs1. The van der Waals surface area contributed by atoms with Crippen molar-refractivity contribution in [2.75, 3.05) is 6.54 Å². The van der Waals surface area contributed by atoms with Crippen molar-refractivity contribution in [2.24, 2.45) is 0 Å². The van der Waals surface area contributed by atoms with Gasteiger partial charge in [0.1, 0.15) is 0 Å². The predicted molar refractivity (Wildman–Crippen MR) is 80.1 cm³/mol. The number of rotatable bonds is 5. The maximum atomic E-state index is 4.54. The molecule has 0 unspecified atom stereocenters. The molecule has 4 nitrogen and oxygen atoms in total. The van der Waals surface area contributed by atoms with Crippen LogP contribution < -0.4 is 5.32 Å². The van der Waals surface area contributed by atoms with Gasteiger partial charge >= 0.3 is 0 Å². The molecule has 0 amide bonds. The molecule has 19 heavy (non-hydrogen) atoms. The normalized spacial score (nSPS) is 11.5. The summed E-state index contributed by atoms with van der Waals surface area (Å²) in [6.45, 7) is 5.91. The number of nitrogens with zero attached hydrogens (tertiary/aromatic N) is 3. The number of fused-ring (bicyclic) bond motifs is 1. The van der Waals surface area contributed by atoms with Gasteiger partial charge in [-0.3, -0.25) is 4.40 Å². The van der Waals surface area contributed by atoms with E-state index >= 15 is 0 Å². The van der Waals surface area contributed by atoms with Gasteiger partial charge in [-0.25, -0.2) is 9.97 Å². The van der Waals surface area contributed by atoms with Crippen LogP contribution in [0.25, 0.3) is 4.96 Å². The summed E-state index contributed by atoms with van der Waals surface area (Å²) in [7, 11) is 0. The first-order valence-corrected chi connectivity index (χ1v) is 8.03. The molecular weight excluding hydrogens is 276 g/mol. The summed E-state index contributed by atoms with van der Waals surface area (Å²) in [6.07, 6.45) is 3.07. The lowest BCUT2D eigenvalue weighted by Crippen LogP contribution is -2.18. The molecule has 0 fully saturated rings. The zero-order valence-electron chi connectivity index (χ0n) is 11.0. The van der Waals surface area contributed by atoms with E-state index in [-0.39, 0.29) is 0 Å². The van der Waals surface area contributed by atoms with E-state index in [0.717, 1.165) is 35.2 Å². The van der Waals surface area contributed by atoms with Crippen molar-refractivity contribution in [1.29, 1.82) is 0 Å². The number of thiazole rings is 2. The van der Waals surface area contributed by atoms with Gasteiger partial charge in [0.15, 0.2) is 4.96 Å². The van der Waals surface area contributed by atoms with Crippen molar-refractivity contribution in [1.82, 2.24) is 19.7 Å². The maximum absolute atomic E-state index is 4.54. The van der Waals surface area contributed by atoms with E-state index in [1.807, 2.05) is 6.92 Å². The highest BCUT2D eigenvalue weighted by Gasteiger charge is 2.08. The number of aryl methyl sites for hydroxylation is 2. The monoisotopic (exact) mass is 292 g/mol. The Balaban J connectivity index is 1.57. The Morgan fingerprint density at radius 1 is 1.26 bits per heavy atom. The first-order valence-electron chi connectivity index (χ1n) is 6.27. The molecule has 3 heterocycles. The quantitative estimate of drug-likeness (QED) is 0.735. The largest absolute Gasteiger partial charge is 0.311 e. The average Bonchev–Trinajstić information content (AvgIpc) is 3.03. The molecule has 6 heteroatoms. The van der Waals surface area contributed by atoms with Crippen LogP contribution in [-0.2, 0) is 13.0 Å². The third-order valence-electron chi connectivity index (χ3n) is 3.08. The van der Waals surface area contributed by atoms with Crippen molar-refractivity contribution in [3.05, 3.63) is 39.0 Å². The zero-order valence-corrected chi connectivity index (χ0v) is 12.6. The van der Waals surface area contributed by atoms with E-state index in [1.165, 1.54) is 11.4 Å². The molecule has 0 aliphatic rings. The Hall–Kier alpha value is -1.24. The fraction of sp³-hybridized carbons (Fsp3) is 0.385. The molecule has 0 atom stereocenters. The summed E-state index contributed by atoms with van der Waals surface area (Å²) in [5, 5.41) is 8.83. The molecule has 0 aliphatic carbocycles. The molecule has 100 valence electrons. The third kappa shape index (κ3) is 2.70. The second kappa shape index (κ2) is 5.40. The highest BCUT2D eigenvalue weighted by Crippen LogP contribution is 2.16. The highest BCUT2D eigenvalue weighted by molar-refractivity contribution is 7.15. The lowest BCUT2D eigenvalue weighted by Gasteiger charge is -2.03. The summed E-state index contributed by atoms with van der Waals surface area (Å²) in [6, 6.07) is 0. The Morgan fingerprint density at radius 2 is 2.16 bits per heavy atom. The minimum absolute atomic E-state index is 0.854. The standard InChI is InChI=1S/C13H16N4S2/c1-9-12(17-5-6-18-13(17)15-9)7-14-4-3-11-8-19-10(2)16-11/h5-6,8,14H,3-4,7H2,1-2H3. The van der Waals surface area contributed by atoms with Crippen LogP contribution in [0.15, 0.2) is 17.0 Å². The maximum Gasteiger partial charge on any atom is 0.194 e. The fourth-order valence-electron chi connectivity index (χ4n) is 2.10. The summed E-state index contributed by atoms with van der Waals surface area (Å²) in [4.78, 5) is 10.1. The fourth-order valence-corrected chi connectivity index (χ4v) is 3.53. The van der Waals surface area contributed by atoms with Crippen molar-refractivity contribution in [3.8, 4) is 0 Å². The van der Waals surface area contributed by atoms with Crippen LogP contribution in [0.5, 0.6) is 0 Å². The lowest BCUT2D eigenvalue weighted by atomic mass is 10.3. The minimum atomic E-state index is 0.854. The minimum Gasteiger partial charge on any atom is -0.311 e. The van der Waals surface area contributed by atoms with Gasteiger partial charge in [0.2, 0.25) is 0 Å². The smallest absolute Gasteiger partial charge is 0.194 e. The first kappa shape index (κ1) is 12.8. The van der Waals surface area contributed by atoms with Gasteiger partial charge in [-0.15, -0.1) is 22.7 Å². The lowest BCUT2D eigenvalue weighted by molar-refractivity contribution is 0.663. The van der Waals surface area contributed by atoms with E-state index in [4.69, 9.17) is 0 Å². The topological polar surface area (TPSA) is 42.2 Å². The molecule has 0 saturated heterocycles. The molecule has 1 N–H and O–H groups in total. The number of imidazole rings is 1. The van der Waals surface area contributed by atoms with E-state index in [2.05, 4.69) is 43.6 Å². The van der Waals surface area contributed by atoms with Gasteiger partial charge in [0, 0.05) is 36.5 Å². The molecule has 0 radical (unpaired) electrons. The van der Waals surface area contributed by atoms with Gasteiger partial charge in [-0.05, 0) is 13.8 Å². The van der Waals surface area contributed by atoms with Crippen molar-refractivity contribution >= 4 is 27.6 Å². The van der Waals surface area contributed by atoms with Gasteiger partial charge in [0.05, 0.1) is 22.1 Å². The van der Waals surface area contributed by atoms with Crippen molar-refractivity contribution in [3.63, 3.8) is 0 Å².